The van der Waals surface area contributed by atoms with Crippen LogP contribution in [0.4, 0.5) is 5.69 Å². The molecular formula is C18H14BrClN2O3S. The molecule has 3 rings (SSSR count). The number of aromatic nitrogens is 1. The monoisotopic (exact) mass is 452 g/mol. The van der Waals surface area contributed by atoms with Crippen molar-refractivity contribution in [1.29, 1.82) is 0 Å². The average molecular weight is 454 g/mol. The van der Waals surface area contributed by atoms with Crippen LogP contribution in [0.1, 0.15) is 16.1 Å². The quantitative estimate of drug-likeness (QED) is 0.543. The van der Waals surface area contributed by atoms with Crippen LogP contribution in [0.2, 0.25) is 5.02 Å². The number of rotatable bonds is 6. The van der Waals surface area contributed by atoms with Crippen LogP contribution in [0, 0.1) is 0 Å². The molecule has 0 saturated heterocycles. The van der Waals surface area contributed by atoms with E-state index >= 15 is 0 Å². The highest BCUT2D eigenvalue weighted by Gasteiger charge is 2.14. The van der Waals surface area contributed by atoms with Crippen molar-refractivity contribution in [2.75, 3.05) is 12.4 Å². The Bertz CT molecular complexity index is 919. The standard InChI is InChI=1S/C18H14BrClN2O3S/c1-24-17-15(19)6-12(20)7-16(17)22-18(23)11-3-2-4-14(5-11)25-8-13-9-26-10-21-13/h2-7,9-10H,8H2,1H3,(H,22,23). The van der Waals surface area contributed by atoms with Crippen LogP contribution in [0.15, 0.2) is 51.8 Å². The lowest BCUT2D eigenvalue weighted by Gasteiger charge is -2.13. The number of thiazole rings is 1. The number of carbonyl (C=O) groups is 1. The summed E-state index contributed by atoms with van der Waals surface area (Å²) in [6.45, 7) is 0.351. The number of halogens is 2. The Morgan fingerprint density at radius 3 is 2.92 bits per heavy atom. The molecule has 5 nitrogen and oxygen atoms in total. The maximum atomic E-state index is 12.6. The largest absolute Gasteiger partial charge is 0.493 e. The normalized spacial score (nSPS) is 10.4. The van der Waals surface area contributed by atoms with E-state index in [2.05, 4.69) is 26.2 Å². The number of hydrogen-bond donors (Lipinski definition) is 1. The van der Waals surface area contributed by atoms with Gasteiger partial charge in [0.2, 0.25) is 0 Å². The smallest absolute Gasteiger partial charge is 0.255 e. The average Bonchev–Trinajstić information content (AvgIpc) is 3.13. The fraction of sp³-hybridized carbons (Fsp3) is 0.111. The number of nitrogens with one attached hydrogen (secondary N) is 1. The summed E-state index contributed by atoms with van der Waals surface area (Å²) in [4.78, 5) is 16.8. The van der Waals surface area contributed by atoms with Crippen LogP contribution >= 0.6 is 38.9 Å². The van der Waals surface area contributed by atoms with Crippen LogP contribution in [0.25, 0.3) is 0 Å². The van der Waals surface area contributed by atoms with E-state index in [1.54, 1.807) is 41.9 Å². The Labute approximate surface area is 168 Å². The summed E-state index contributed by atoms with van der Waals surface area (Å²) in [7, 11) is 1.52. The van der Waals surface area contributed by atoms with Crippen molar-refractivity contribution in [3.05, 3.63) is 68.0 Å². The van der Waals surface area contributed by atoms with Gasteiger partial charge in [-0.25, -0.2) is 4.98 Å². The summed E-state index contributed by atoms with van der Waals surface area (Å²) < 4.78 is 11.7. The molecular weight excluding hydrogens is 440 g/mol. The predicted molar refractivity (Wildman–Crippen MR) is 107 cm³/mol. The molecule has 8 heteroatoms. The molecule has 0 aliphatic rings. The highest BCUT2D eigenvalue weighted by atomic mass is 79.9. The fourth-order valence-electron chi connectivity index (χ4n) is 2.25. The second kappa shape index (κ2) is 8.53. The molecule has 1 aromatic heterocycles. The molecule has 1 heterocycles. The van der Waals surface area contributed by atoms with Crippen LogP contribution in [-0.4, -0.2) is 18.0 Å². The molecule has 2 aromatic carbocycles. The minimum atomic E-state index is -0.295. The lowest BCUT2D eigenvalue weighted by Crippen LogP contribution is -2.13. The molecule has 0 radical (unpaired) electrons. The molecule has 0 atom stereocenters. The van der Waals surface area contributed by atoms with E-state index in [1.807, 2.05) is 5.38 Å². The van der Waals surface area contributed by atoms with Gasteiger partial charge in [0.25, 0.3) is 5.91 Å². The van der Waals surface area contributed by atoms with Gasteiger partial charge in [-0.1, -0.05) is 17.7 Å². The van der Waals surface area contributed by atoms with Crippen LogP contribution < -0.4 is 14.8 Å². The zero-order valence-corrected chi connectivity index (χ0v) is 16.8. The molecule has 1 amide bonds. The Morgan fingerprint density at radius 2 is 2.19 bits per heavy atom. The highest BCUT2D eigenvalue weighted by molar-refractivity contribution is 9.10. The van der Waals surface area contributed by atoms with Gasteiger partial charge in [-0.15, -0.1) is 11.3 Å². The molecule has 0 saturated carbocycles. The van der Waals surface area contributed by atoms with Crippen LogP contribution in [-0.2, 0) is 6.61 Å². The van der Waals surface area contributed by atoms with Gasteiger partial charge < -0.3 is 14.8 Å². The number of anilines is 1. The van der Waals surface area contributed by atoms with Crippen molar-refractivity contribution >= 4 is 50.5 Å². The van der Waals surface area contributed by atoms with Gasteiger partial charge in [-0.2, -0.15) is 0 Å². The topological polar surface area (TPSA) is 60.5 Å². The van der Waals surface area contributed by atoms with Gasteiger partial charge in [0.15, 0.2) is 5.75 Å². The SMILES string of the molecule is COc1c(Br)cc(Cl)cc1NC(=O)c1cccc(OCc2cscn2)c1. The number of hydrogen-bond acceptors (Lipinski definition) is 5. The summed E-state index contributed by atoms with van der Waals surface area (Å²) in [5.74, 6) is 0.792. The zero-order chi connectivity index (χ0) is 18.5. The molecule has 1 N–H and O–H groups in total. The van der Waals surface area contributed by atoms with Crippen molar-refractivity contribution in [2.45, 2.75) is 6.61 Å². The number of benzene rings is 2. The molecule has 134 valence electrons. The molecule has 0 aliphatic carbocycles. The number of amides is 1. The molecule has 26 heavy (non-hydrogen) atoms. The Balaban J connectivity index is 1.75. The third-order valence-electron chi connectivity index (χ3n) is 3.43. The van der Waals surface area contributed by atoms with Crippen molar-refractivity contribution in [1.82, 2.24) is 4.98 Å². The minimum absolute atomic E-state index is 0.295. The summed E-state index contributed by atoms with van der Waals surface area (Å²) in [5, 5.41) is 5.21. The van der Waals surface area contributed by atoms with Gasteiger partial charge in [-0.05, 0) is 46.3 Å². The molecule has 3 aromatic rings. The van der Waals surface area contributed by atoms with Crippen molar-refractivity contribution in [3.8, 4) is 11.5 Å². The summed E-state index contributed by atoms with van der Waals surface area (Å²) in [5.41, 5.74) is 3.53. The van der Waals surface area contributed by atoms with E-state index in [1.165, 1.54) is 18.4 Å². The Hall–Kier alpha value is -2.09. The van der Waals surface area contributed by atoms with E-state index in [0.29, 0.717) is 38.9 Å². The van der Waals surface area contributed by atoms with Gasteiger partial charge in [-0.3, -0.25) is 4.79 Å². The van der Waals surface area contributed by atoms with Crippen LogP contribution in [0.3, 0.4) is 0 Å². The van der Waals surface area contributed by atoms with Gasteiger partial charge in [0.05, 0.1) is 28.5 Å². The number of methoxy groups -OCH3 is 1. The maximum absolute atomic E-state index is 12.6. The van der Waals surface area contributed by atoms with Gasteiger partial charge >= 0.3 is 0 Å². The molecule has 0 fully saturated rings. The highest BCUT2D eigenvalue weighted by Crippen LogP contribution is 2.36. The Morgan fingerprint density at radius 1 is 1.35 bits per heavy atom. The number of carbonyl (C=O) groups excluding carboxylic acids is 1. The summed E-state index contributed by atoms with van der Waals surface area (Å²) in [6, 6.07) is 10.3. The second-order valence-corrected chi connectivity index (χ2v) is 7.23. The summed E-state index contributed by atoms with van der Waals surface area (Å²) in [6.07, 6.45) is 0. The first kappa shape index (κ1) is 18.7. The van der Waals surface area contributed by atoms with E-state index < -0.39 is 0 Å². The van der Waals surface area contributed by atoms with Crippen molar-refractivity contribution in [3.63, 3.8) is 0 Å². The zero-order valence-electron chi connectivity index (χ0n) is 13.7. The first-order chi connectivity index (χ1) is 12.6. The molecule has 0 bridgehead atoms. The Kier molecular flexibility index (Phi) is 6.13. The van der Waals surface area contributed by atoms with Crippen LogP contribution in [0.5, 0.6) is 11.5 Å². The van der Waals surface area contributed by atoms with E-state index in [-0.39, 0.29) is 5.91 Å². The second-order valence-electron chi connectivity index (χ2n) is 5.22. The third kappa shape index (κ3) is 4.55. The third-order valence-corrected chi connectivity index (χ3v) is 4.87. The maximum Gasteiger partial charge on any atom is 0.255 e. The van der Waals surface area contributed by atoms with Crippen molar-refractivity contribution < 1.29 is 14.3 Å². The minimum Gasteiger partial charge on any atom is -0.493 e. The first-order valence-corrected chi connectivity index (χ1v) is 9.62. The molecule has 0 aliphatic heterocycles. The lowest BCUT2D eigenvalue weighted by atomic mass is 10.2. The first-order valence-electron chi connectivity index (χ1n) is 7.51. The van der Waals surface area contributed by atoms with E-state index in [9.17, 15) is 4.79 Å². The molecule has 0 unspecified atom stereocenters. The molecule has 0 spiro atoms. The predicted octanol–water partition coefficient (Wildman–Crippen LogP) is 5.40. The van der Waals surface area contributed by atoms with Gasteiger partial charge in [0.1, 0.15) is 12.4 Å². The van der Waals surface area contributed by atoms with E-state index in [0.717, 1.165) is 5.69 Å². The lowest BCUT2D eigenvalue weighted by molar-refractivity contribution is 0.102. The number of nitrogens with zero attached hydrogens (tertiary/aromatic N) is 1. The fourth-order valence-corrected chi connectivity index (χ4v) is 3.76. The van der Waals surface area contributed by atoms with Crippen molar-refractivity contribution in [2.24, 2.45) is 0 Å². The van der Waals surface area contributed by atoms with Gasteiger partial charge in [0, 0.05) is 16.0 Å². The van der Waals surface area contributed by atoms with E-state index in [4.69, 9.17) is 21.1 Å². The number of ether oxygens (including phenoxy) is 2. The summed E-state index contributed by atoms with van der Waals surface area (Å²) >= 11 is 10.9.